The topological polar surface area (TPSA) is 55.5 Å². The van der Waals surface area contributed by atoms with E-state index in [1.54, 1.807) is 18.2 Å². The number of hydrogen-bond acceptors (Lipinski definition) is 5. The second-order valence-electron chi connectivity index (χ2n) is 6.52. The Morgan fingerprint density at radius 3 is 2.85 bits per heavy atom. The van der Waals surface area contributed by atoms with Crippen molar-refractivity contribution < 1.29 is 13.5 Å². The van der Waals surface area contributed by atoms with Gasteiger partial charge in [-0.1, -0.05) is 23.7 Å². The average molecular weight is 394 g/mol. The fraction of sp³-hybridized carbons (Fsp3) is 0.389. The summed E-state index contributed by atoms with van der Waals surface area (Å²) < 4.78 is 33.1. The number of hydrogen-bond donors (Lipinski definition) is 0. The Bertz CT molecular complexity index is 935. The minimum atomic E-state index is -2.72. The molecule has 6 nitrogen and oxygen atoms in total. The minimum Gasteiger partial charge on any atom is -0.492 e. The molecular formula is C18H18ClF2N5O. The van der Waals surface area contributed by atoms with Crippen molar-refractivity contribution in [3.05, 3.63) is 47.2 Å². The first-order valence-electron chi connectivity index (χ1n) is 8.74. The highest BCUT2D eigenvalue weighted by atomic mass is 35.5. The molecule has 1 aromatic carbocycles. The van der Waals surface area contributed by atoms with Gasteiger partial charge in [-0.3, -0.25) is 0 Å². The van der Waals surface area contributed by atoms with E-state index in [9.17, 15) is 8.78 Å². The van der Waals surface area contributed by atoms with Crippen molar-refractivity contribution in [2.45, 2.75) is 19.3 Å². The molecule has 0 aliphatic carbocycles. The van der Waals surface area contributed by atoms with Gasteiger partial charge in [0, 0.05) is 19.0 Å². The van der Waals surface area contributed by atoms with Crippen molar-refractivity contribution in [2.75, 3.05) is 24.6 Å². The highest BCUT2D eigenvalue weighted by Crippen LogP contribution is 2.27. The molecule has 1 atom stereocenters. The van der Waals surface area contributed by atoms with Gasteiger partial charge in [-0.2, -0.15) is 4.52 Å². The van der Waals surface area contributed by atoms with E-state index in [0.717, 1.165) is 30.4 Å². The molecule has 3 heterocycles. The zero-order valence-corrected chi connectivity index (χ0v) is 15.2. The summed E-state index contributed by atoms with van der Waals surface area (Å²) >= 11 is 6.13. The van der Waals surface area contributed by atoms with Gasteiger partial charge in [0.1, 0.15) is 11.6 Å². The van der Waals surface area contributed by atoms with Crippen molar-refractivity contribution >= 4 is 23.1 Å². The Labute approximate surface area is 159 Å². The number of nitrogens with zero attached hydrogens (tertiary/aromatic N) is 5. The first-order chi connectivity index (χ1) is 13.1. The summed E-state index contributed by atoms with van der Waals surface area (Å²) in [5.74, 6) is 1.15. The predicted molar refractivity (Wildman–Crippen MR) is 97.6 cm³/mol. The molecule has 1 fully saturated rings. The molecule has 9 heteroatoms. The number of piperidine rings is 1. The Hall–Kier alpha value is -2.48. The molecule has 1 aliphatic rings. The number of fused-ring (bicyclic) bond motifs is 1. The molecule has 1 unspecified atom stereocenters. The van der Waals surface area contributed by atoms with Crippen LogP contribution in [0.2, 0.25) is 5.02 Å². The maximum Gasteiger partial charge on any atom is 0.299 e. The van der Waals surface area contributed by atoms with E-state index in [4.69, 9.17) is 16.3 Å². The molecule has 27 heavy (non-hydrogen) atoms. The third kappa shape index (κ3) is 3.80. The number of rotatable bonds is 5. The minimum absolute atomic E-state index is 0.294. The monoisotopic (exact) mass is 393 g/mol. The van der Waals surface area contributed by atoms with Crippen LogP contribution in [0, 0.1) is 5.92 Å². The van der Waals surface area contributed by atoms with Crippen LogP contribution in [0.1, 0.15) is 25.1 Å². The summed E-state index contributed by atoms with van der Waals surface area (Å²) in [5, 5.41) is 12.2. The lowest BCUT2D eigenvalue weighted by atomic mass is 9.99. The quantitative estimate of drug-likeness (QED) is 0.655. The van der Waals surface area contributed by atoms with E-state index in [1.807, 2.05) is 18.2 Å². The number of alkyl halides is 2. The predicted octanol–water partition coefficient (Wildman–Crippen LogP) is 4.01. The van der Waals surface area contributed by atoms with Gasteiger partial charge in [-0.15, -0.1) is 15.3 Å². The van der Waals surface area contributed by atoms with Crippen molar-refractivity contribution in [3.63, 3.8) is 0 Å². The van der Waals surface area contributed by atoms with Gasteiger partial charge in [-0.05, 0) is 37.1 Å². The number of anilines is 1. The molecule has 0 spiro atoms. The van der Waals surface area contributed by atoms with Gasteiger partial charge in [-0.25, -0.2) is 8.78 Å². The Balaban J connectivity index is 1.47. The van der Waals surface area contributed by atoms with Crippen molar-refractivity contribution in [2.24, 2.45) is 5.92 Å². The molecule has 2 aromatic heterocycles. The second kappa shape index (κ2) is 7.64. The third-order valence-electron chi connectivity index (χ3n) is 4.62. The molecular weight excluding hydrogens is 376 g/mol. The fourth-order valence-corrected chi connectivity index (χ4v) is 3.47. The molecule has 0 saturated carbocycles. The van der Waals surface area contributed by atoms with Gasteiger partial charge < -0.3 is 9.64 Å². The molecule has 0 N–H and O–H groups in total. The third-order valence-corrected chi connectivity index (χ3v) is 4.93. The van der Waals surface area contributed by atoms with Gasteiger partial charge in [0.15, 0.2) is 5.65 Å². The Morgan fingerprint density at radius 2 is 2.04 bits per heavy atom. The zero-order valence-electron chi connectivity index (χ0n) is 14.4. The lowest BCUT2D eigenvalue weighted by Gasteiger charge is -2.33. The summed E-state index contributed by atoms with van der Waals surface area (Å²) in [6.07, 6.45) is -0.723. The zero-order chi connectivity index (χ0) is 18.8. The lowest BCUT2D eigenvalue weighted by Crippen LogP contribution is -2.38. The first-order valence-corrected chi connectivity index (χ1v) is 9.12. The molecule has 3 aromatic rings. The molecule has 0 radical (unpaired) electrons. The van der Waals surface area contributed by atoms with Crippen LogP contribution in [-0.2, 0) is 0 Å². The van der Waals surface area contributed by atoms with E-state index in [-0.39, 0.29) is 0 Å². The normalized spacial score (nSPS) is 17.6. The molecule has 0 bridgehead atoms. The van der Waals surface area contributed by atoms with Crippen molar-refractivity contribution in [1.82, 2.24) is 19.8 Å². The van der Waals surface area contributed by atoms with E-state index in [0.29, 0.717) is 34.8 Å². The SMILES string of the molecule is FC(F)c1nnc2ccc(N3CCCC(COc4ccccc4Cl)C3)nn12. The summed E-state index contributed by atoms with van der Waals surface area (Å²) in [6.45, 7) is 2.08. The standard InChI is InChI=1S/C18H18ClF2N5O/c19-13-5-1-2-6-14(13)27-11-12-4-3-9-25(10-12)16-8-7-15-22-23-18(17(20)21)26(15)24-16/h1-2,5-8,12,17H,3-4,9-11H2. The second-order valence-corrected chi connectivity index (χ2v) is 6.92. The van der Waals surface area contributed by atoms with Crippen LogP contribution < -0.4 is 9.64 Å². The van der Waals surface area contributed by atoms with Crippen molar-refractivity contribution in [3.8, 4) is 5.75 Å². The average Bonchev–Trinajstić information content (AvgIpc) is 3.11. The molecule has 0 amide bonds. The van der Waals surface area contributed by atoms with Crippen LogP contribution in [0.4, 0.5) is 14.6 Å². The molecule has 4 rings (SSSR count). The van der Waals surface area contributed by atoms with Crippen LogP contribution in [0.5, 0.6) is 5.75 Å². The molecule has 142 valence electrons. The van der Waals surface area contributed by atoms with E-state index >= 15 is 0 Å². The van der Waals surface area contributed by atoms with Crippen LogP contribution in [-0.4, -0.2) is 39.5 Å². The number of aromatic nitrogens is 4. The van der Waals surface area contributed by atoms with Crippen LogP contribution in [0.15, 0.2) is 36.4 Å². The number of benzene rings is 1. The highest BCUT2D eigenvalue weighted by Gasteiger charge is 2.23. The first kappa shape index (κ1) is 17.9. The Morgan fingerprint density at radius 1 is 1.19 bits per heavy atom. The van der Waals surface area contributed by atoms with Crippen LogP contribution in [0.25, 0.3) is 5.65 Å². The summed E-state index contributed by atoms with van der Waals surface area (Å²) in [7, 11) is 0. The summed E-state index contributed by atoms with van der Waals surface area (Å²) in [5.41, 5.74) is 0.310. The van der Waals surface area contributed by atoms with Crippen LogP contribution in [0.3, 0.4) is 0 Å². The maximum absolute atomic E-state index is 13.1. The summed E-state index contributed by atoms with van der Waals surface area (Å²) in [6, 6.07) is 10.8. The van der Waals surface area contributed by atoms with Crippen molar-refractivity contribution in [1.29, 1.82) is 0 Å². The number of para-hydroxylation sites is 1. The van der Waals surface area contributed by atoms with Crippen LogP contribution >= 0.6 is 11.6 Å². The maximum atomic E-state index is 13.1. The Kier molecular flexibility index (Phi) is 5.07. The number of halogens is 3. The summed E-state index contributed by atoms with van der Waals surface area (Å²) in [4.78, 5) is 2.08. The van der Waals surface area contributed by atoms with E-state index in [2.05, 4.69) is 20.2 Å². The van der Waals surface area contributed by atoms with Gasteiger partial charge >= 0.3 is 0 Å². The number of ether oxygens (including phenoxy) is 1. The smallest absolute Gasteiger partial charge is 0.299 e. The highest BCUT2D eigenvalue weighted by molar-refractivity contribution is 6.32. The molecule has 1 aliphatic heterocycles. The molecule has 1 saturated heterocycles. The van der Waals surface area contributed by atoms with Gasteiger partial charge in [0.2, 0.25) is 5.82 Å². The fourth-order valence-electron chi connectivity index (χ4n) is 3.28. The van der Waals surface area contributed by atoms with Gasteiger partial charge in [0.05, 0.1) is 11.6 Å². The largest absolute Gasteiger partial charge is 0.492 e. The van der Waals surface area contributed by atoms with E-state index < -0.39 is 12.2 Å². The van der Waals surface area contributed by atoms with Gasteiger partial charge in [0.25, 0.3) is 6.43 Å². The lowest BCUT2D eigenvalue weighted by molar-refractivity contribution is 0.137. The van der Waals surface area contributed by atoms with E-state index in [1.165, 1.54) is 0 Å².